The average molecular weight is 355 g/mol. The molecule has 0 amide bonds. The number of rotatable bonds is 6. The molecular weight excluding hydrogens is 324 g/mol. The van der Waals surface area contributed by atoms with E-state index in [0.29, 0.717) is 17.2 Å². The molecule has 24 heavy (non-hydrogen) atoms. The quantitative estimate of drug-likeness (QED) is 0.853. The van der Waals surface area contributed by atoms with Crippen molar-refractivity contribution in [1.82, 2.24) is 9.62 Å². The maximum atomic E-state index is 12.7. The Hall–Kier alpha value is -1.11. The highest BCUT2D eigenvalue weighted by Gasteiger charge is 2.24. The third kappa shape index (κ3) is 4.29. The Labute approximate surface area is 146 Å². The molecule has 1 unspecified atom stereocenters. The van der Waals surface area contributed by atoms with Crippen LogP contribution in [0.1, 0.15) is 37.8 Å². The molecule has 136 valence electrons. The molecule has 2 rings (SSSR count). The summed E-state index contributed by atoms with van der Waals surface area (Å²) in [6.45, 7) is 10.6. The second kappa shape index (κ2) is 7.85. The van der Waals surface area contributed by atoms with E-state index in [4.69, 9.17) is 4.74 Å². The lowest BCUT2D eigenvalue weighted by molar-refractivity contribution is 0.148. The largest absolute Gasteiger partial charge is 0.496 e. The molecule has 1 aromatic carbocycles. The van der Waals surface area contributed by atoms with Crippen molar-refractivity contribution in [1.29, 1.82) is 0 Å². The Morgan fingerprint density at radius 1 is 1.25 bits per heavy atom. The summed E-state index contributed by atoms with van der Waals surface area (Å²) in [5.41, 5.74) is 1.60. The molecule has 1 heterocycles. The molecule has 0 radical (unpaired) electrons. The van der Waals surface area contributed by atoms with Crippen molar-refractivity contribution in [2.24, 2.45) is 5.92 Å². The van der Waals surface area contributed by atoms with E-state index < -0.39 is 10.0 Å². The number of methoxy groups -OCH3 is 1. The van der Waals surface area contributed by atoms with Gasteiger partial charge < -0.3 is 4.74 Å². The van der Waals surface area contributed by atoms with Crippen molar-refractivity contribution in [3.8, 4) is 5.75 Å². The zero-order valence-electron chi connectivity index (χ0n) is 15.4. The minimum atomic E-state index is -3.52. The lowest BCUT2D eigenvalue weighted by atomic mass is 9.98. The first-order valence-electron chi connectivity index (χ1n) is 8.64. The van der Waals surface area contributed by atoms with Gasteiger partial charge in [0.05, 0.1) is 12.0 Å². The molecule has 1 N–H and O–H groups in total. The molecule has 0 bridgehead atoms. The Kier molecular flexibility index (Phi) is 6.28. The van der Waals surface area contributed by atoms with Crippen LogP contribution in [0.3, 0.4) is 0 Å². The topological polar surface area (TPSA) is 58.6 Å². The van der Waals surface area contributed by atoms with E-state index in [-0.39, 0.29) is 6.04 Å². The van der Waals surface area contributed by atoms with Gasteiger partial charge in [0, 0.05) is 12.6 Å². The third-order valence-corrected chi connectivity index (χ3v) is 6.78. The standard InChI is InChI=1S/C18H30N2O3S/c1-13-8-10-20(11-9-13)14(2)12-19-24(21,22)18-7-6-17(23-5)15(3)16(18)4/h6-7,13-14,19H,8-12H2,1-5H3. The lowest BCUT2D eigenvalue weighted by Gasteiger charge is -2.35. The summed E-state index contributed by atoms with van der Waals surface area (Å²) >= 11 is 0. The van der Waals surface area contributed by atoms with Gasteiger partial charge in [-0.1, -0.05) is 6.92 Å². The zero-order valence-corrected chi connectivity index (χ0v) is 16.2. The first-order valence-corrected chi connectivity index (χ1v) is 10.1. The second-order valence-electron chi connectivity index (χ2n) is 6.94. The fraction of sp³-hybridized carbons (Fsp3) is 0.667. The van der Waals surface area contributed by atoms with Gasteiger partial charge >= 0.3 is 0 Å². The van der Waals surface area contributed by atoms with E-state index in [1.807, 2.05) is 13.8 Å². The van der Waals surface area contributed by atoms with Crippen molar-refractivity contribution in [2.45, 2.75) is 51.5 Å². The summed E-state index contributed by atoms with van der Waals surface area (Å²) in [4.78, 5) is 2.70. The van der Waals surface area contributed by atoms with E-state index in [2.05, 4.69) is 23.5 Å². The van der Waals surface area contributed by atoms with Gasteiger partial charge in [0.25, 0.3) is 0 Å². The maximum Gasteiger partial charge on any atom is 0.240 e. The number of benzene rings is 1. The SMILES string of the molecule is COc1ccc(S(=O)(=O)NCC(C)N2CCC(C)CC2)c(C)c1C. The molecule has 1 aliphatic rings. The molecule has 0 spiro atoms. The Balaban J connectivity index is 2.05. The van der Waals surface area contributed by atoms with Gasteiger partial charge in [-0.15, -0.1) is 0 Å². The average Bonchev–Trinajstić information content (AvgIpc) is 2.55. The van der Waals surface area contributed by atoms with E-state index >= 15 is 0 Å². The van der Waals surface area contributed by atoms with Crippen LogP contribution in [0.25, 0.3) is 0 Å². The lowest BCUT2D eigenvalue weighted by Crippen LogP contribution is -2.45. The summed E-state index contributed by atoms with van der Waals surface area (Å²) in [6, 6.07) is 3.54. The third-order valence-electron chi connectivity index (χ3n) is 5.21. The van der Waals surface area contributed by atoms with Gasteiger partial charge in [0.15, 0.2) is 0 Å². The first-order chi connectivity index (χ1) is 11.3. The van der Waals surface area contributed by atoms with Gasteiger partial charge in [-0.2, -0.15) is 0 Å². The minimum Gasteiger partial charge on any atom is -0.496 e. The molecule has 1 fully saturated rings. The summed E-state index contributed by atoms with van der Waals surface area (Å²) < 4.78 is 33.4. The van der Waals surface area contributed by atoms with Crippen LogP contribution in [0.5, 0.6) is 5.75 Å². The van der Waals surface area contributed by atoms with Crippen LogP contribution in [0, 0.1) is 19.8 Å². The second-order valence-corrected chi connectivity index (χ2v) is 8.67. The molecule has 1 aromatic rings. The van der Waals surface area contributed by atoms with Crippen molar-refractivity contribution < 1.29 is 13.2 Å². The highest BCUT2D eigenvalue weighted by Crippen LogP contribution is 2.26. The number of nitrogens with zero attached hydrogens (tertiary/aromatic N) is 1. The van der Waals surface area contributed by atoms with Crippen molar-refractivity contribution in [2.75, 3.05) is 26.7 Å². The Morgan fingerprint density at radius 2 is 1.88 bits per heavy atom. The van der Waals surface area contributed by atoms with Gasteiger partial charge in [-0.25, -0.2) is 13.1 Å². The fourth-order valence-electron chi connectivity index (χ4n) is 3.19. The molecule has 5 nitrogen and oxygen atoms in total. The molecule has 1 saturated heterocycles. The highest BCUT2D eigenvalue weighted by molar-refractivity contribution is 7.89. The van der Waals surface area contributed by atoms with Crippen molar-refractivity contribution >= 4 is 10.0 Å². The van der Waals surface area contributed by atoms with Crippen LogP contribution in [-0.2, 0) is 10.0 Å². The number of likely N-dealkylation sites (tertiary alicyclic amines) is 1. The van der Waals surface area contributed by atoms with Gasteiger partial charge in [-0.3, -0.25) is 4.90 Å². The molecule has 0 aromatic heterocycles. The highest BCUT2D eigenvalue weighted by atomic mass is 32.2. The fourth-order valence-corrected chi connectivity index (χ4v) is 4.61. The van der Waals surface area contributed by atoms with Gasteiger partial charge in [0.2, 0.25) is 10.0 Å². The molecule has 6 heteroatoms. The van der Waals surface area contributed by atoms with Gasteiger partial charge in [-0.05, 0) is 75.9 Å². The Bertz CT molecular complexity index is 665. The number of sulfonamides is 1. The summed E-state index contributed by atoms with van der Waals surface area (Å²) in [6.07, 6.45) is 2.38. The van der Waals surface area contributed by atoms with Crippen LogP contribution in [0.2, 0.25) is 0 Å². The molecule has 0 saturated carbocycles. The molecular formula is C18H30N2O3S. The monoisotopic (exact) mass is 354 g/mol. The van der Waals surface area contributed by atoms with E-state index in [1.54, 1.807) is 19.2 Å². The normalized spacial score (nSPS) is 18.5. The number of ether oxygens (including phenoxy) is 1. The molecule has 1 atom stereocenters. The first kappa shape index (κ1) is 19.2. The van der Waals surface area contributed by atoms with Crippen LogP contribution in [0.15, 0.2) is 17.0 Å². The van der Waals surface area contributed by atoms with Crippen LogP contribution in [0.4, 0.5) is 0 Å². The smallest absolute Gasteiger partial charge is 0.240 e. The number of hydrogen-bond donors (Lipinski definition) is 1. The predicted molar refractivity (Wildman–Crippen MR) is 97.1 cm³/mol. The number of hydrogen-bond acceptors (Lipinski definition) is 4. The maximum absolute atomic E-state index is 12.7. The number of nitrogens with one attached hydrogen (secondary N) is 1. The summed E-state index contributed by atoms with van der Waals surface area (Å²) in [5, 5.41) is 0. The van der Waals surface area contributed by atoms with E-state index in [1.165, 1.54) is 12.8 Å². The molecule has 0 aliphatic carbocycles. The molecule has 1 aliphatic heterocycles. The minimum absolute atomic E-state index is 0.201. The van der Waals surface area contributed by atoms with Crippen molar-refractivity contribution in [3.05, 3.63) is 23.3 Å². The van der Waals surface area contributed by atoms with Crippen LogP contribution in [-0.4, -0.2) is 46.1 Å². The van der Waals surface area contributed by atoms with Gasteiger partial charge in [0.1, 0.15) is 5.75 Å². The van der Waals surface area contributed by atoms with Crippen LogP contribution < -0.4 is 9.46 Å². The van der Waals surface area contributed by atoms with Crippen molar-refractivity contribution in [3.63, 3.8) is 0 Å². The summed E-state index contributed by atoms with van der Waals surface area (Å²) in [5.74, 6) is 1.48. The van der Waals surface area contributed by atoms with Crippen LogP contribution >= 0.6 is 0 Å². The van der Waals surface area contributed by atoms with E-state index in [9.17, 15) is 8.42 Å². The Morgan fingerprint density at radius 3 is 2.46 bits per heavy atom. The summed E-state index contributed by atoms with van der Waals surface area (Å²) in [7, 11) is -1.92. The van der Waals surface area contributed by atoms with E-state index in [0.717, 1.165) is 30.1 Å². The predicted octanol–water partition coefficient (Wildman–Crippen LogP) is 2.71. The zero-order chi connectivity index (χ0) is 17.9. The number of piperidine rings is 1.